The van der Waals surface area contributed by atoms with Crippen LogP contribution in [0.25, 0.3) is 0 Å². The van der Waals surface area contributed by atoms with Crippen molar-refractivity contribution in [2.24, 2.45) is 0 Å². The monoisotopic (exact) mass is 497 g/mol. The summed E-state index contributed by atoms with van der Waals surface area (Å²) in [6.45, 7) is 5.82. The highest BCUT2D eigenvalue weighted by molar-refractivity contribution is 5.43. The van der Waals surface area contributed by atoms with E-state index in [9.17, 15) is 9.50 Å². The van der Waals surface area contributed by atoms with Crippen LogP contribution >= 0.6 is 0 Å². The Balaban J connectivity index is 1.29. The van der Waals surface area contributed by atoms with Crippen molar-refractivity contribution in [3.8, 4) is 17.2 Å². The maximum Gasteiger partial charge on any atom is 0.165 e. The average molecular weight is 498 g/mol. The Bertz CT molecular complexity index is 1120. The molecule has 0 unspecified atom stereocenters. The highest BCUT2D eigenvalue weighted by atomic mass is 19.1. The zero-order valence-electron chi connectivity index (χ0n) is 21.2. The van der Waals surface area contributed by atoms with Gasteiger partial charge >= 0.3 is 0 Å². The van der Waals surface area contributed by atoms with Crippen LogP contribution in [0.15, 0.2) is 54.9 Å². The molecular formula is C28H36FN3O4. The Morgan fingerprint density at radius 1 is 1.06 bits per heavy atom. The fourth-order valence-electron chi connectivity index (χ4n) is 4.50. The predicted molar refractivity (Wildman–Crippen MR) is 136 cm³/mol. The lowest BCUT2D eigenvalue weighted by atomic mass is 9.96. The maximum absolute atomic E-state index is 13.9. The Hall–Kier alpha value is -3.10. The number of halogens is 1. The first-order chi connectivity index (χ1) is 17.4. The van der Waals surface area contributed by atoms with Crippen molar-refractivity contribution < 1.29 is 23.7 Å². The van der Waals surface area contributed by atoms with Crippen molar-refractivity contribution in [2.45, 2.75) is 51.3 Å². The molecule has 4 rings (SSSR count). The van der Waals surface area contributed by atoms with Gasteiger partial charge in [0.1, 0.15) is 6.61 Å². The molecule has 0 saturated carbocycles. The zero-order valence-corrected chi connectivity index (χ0v) is 21.2. The van der Waals surface area contributed by atoms with Gasteiger partial charge < -0.3 is 19.3 Å². The summed E-state index contributed by atoms with van der Waals surface area (Å²) in [6.07, 6.45) is 6.74. The van der Waals surface area contributed by atoms with Gasteiger partial charge in [-0.3, -0.25) is 9.58 Å². The minimum atomic E-state index is -0.974. The molecule has 0 spiro atoms. The highest BCUT2D eigenvalue weighted by Crippen LogP contribution is 2.30. The van der Waals surface area contributed by atoms with Gasteiger partial charge in [0.05, 0.1) is 25.5 Å². The number of aryl methyl sites for hydroxylation is 2. The van der Waals surface area contributed by atoms with Gasteiger partial charge in [-0.1, -0.05) is 18.2 Å². The summed E-state index contributed by atoms with van der Waals surface area (Å²) < 4.78 is 33.0. The van der Waals surface area contributed by atoms with Crippen LogP contribution < -0.4 is 14.2 Å². The molecule has 0 radical (unpaired) electrons. The van der Waals surface area contributed by atoms with Crippen LogP contribution in [0.3, 0.4) is 0 Å². The van der Waals surface area contributed by atoms with Crippen LogP contribution in [0, 0.1) is 12.7 Å². The lowest BCUT2D eigenvalue weighted by molar-refractivity contribution is -0.0177. The Kier molecular flexibility index (Phi) is 8.83. The van der Waals surface area contributed by atoms with Gasteiger partial charge in [0.15, 0.2) is 23.1 Å². The molecule has 2 aromatic carbocycles. The molecule has 36 heavy (non-hydrogen) atoms. The number of aliphatic hydroxyl groups is 1. The zero-order chi connectivity index (χ0) is 25.4. The van der Waals surface area contributed by atoms with Gasteiger partial charge in [0, 0.05) is 32.3 Å². The normalized spacial score (nSPS) is 18.6. The van der Waals surface area contributed by atoms with E-state index in [4.69, 9.17) is 14.2 Å². The molecule has 1 N–H and O–H groups in total. The van der Waals surface area contributed by atoms with E-state index >= 15 is 0 Å². The van der Waals surface area contributed by atoms with Crippen molar-refractivity contribution in [3.05, 3.63) is 71.8 Å². The predicted octanol–water partition coefficient (Wildman–Crippen LogP) is 4.60. The Labute approximate surface area is 212 Å². The average Bonchev–Trinajstić information content (AvgIpc) is 3.20. The molecule has 8 heteroatoms. The van der Waals surface area contributed by atoms with E-state index in [1.165, 1.54) is 6.07 Å². The second kappa shape index (κ2) is 12.2. The summed E-state index contributed by atoms with van der Waals surface area (Å²) in [7, 11) is 1.65. The van der Waals surface area contributed by atoms with Gasteiger partial charge in [-0.2, -0.15) is 5.10 Å². The SMILES string of the molecule is COc1ccc(CN2CCC[C@](O)(COc3ccccc3F)CC2)cc1OCCCn1cc(C)cn1. The number of hydrogen-bond acceptors (Lipinski definition) is 6. The number of nitrogens with zero attached hydrogens (tertiary/aromatic N) is 3. The smallest absolute Gasteiger partial charge is 0.165 e. The van der Waals surface area contributed by atoms with Gasteiger partial charge in [0.2, 0.25) is 0 Å². The third kappa shape index (κ3) is 7.21. The van der Waals surface area contributed by atoms with Gasteiger partial charge in [-0.05, 0) is 68.1 Å². The van der Waals surface area contributed by atoms with E-state index < -0.39 is 11.4 Å². The quantitative estimate of drug-likeness (QED) is 0.391. The number of methoxy groups -OCH3 is 1. The standard InChI is InChI=1S/C28H36FN3O4/c1-22-18-30-32(19-22)14-6-16-35-27-17-23(9-10-26(27)34-2)20-31-13-5-11-28(33,12-15-31)21-36-25-8-4-3-7-24(25)29/h3-4,7-10,17-19,33H,5-6,11-16,20-21H2,1-2H3/t28-/m1/s1. The van der Waals surface area contributed by atoms with E-state index in [0.717, 1.165) is 55.9 Å². The van der Waals surface area contributed by atoms with Crippen molar-refractivity contribution in [1.29, 1.82) is 0 Å². The third-order valence-corrected chi connectivity index (χ3v) is 6.53. The summed E-state index contributed by atoms with van der Waals surface area (Å²) in [5.41, 5.74) is 1.30. The van der Waals surface area contributed by atoms with E-state index in [0.29, 0.717) is 25.2 Å². The molecule has 0 amide bonds. The second-order valence-corrected chi connectivity index (χ2v) is 9.54. The van der Waals surface area contributed by atoms with Gasteiger partial charge in [0.25, 0.3) is 0 Å². The summed E-state index contributed by atoms with van der Waals surface area (Å²) in [5, 5.41) is 15.4. The second-order valence-electron chi connectivity index (χ2n) is 9.54. The first-order valence-corrected chi connectivity index (χ1v) is 12.5. The molecule has 1 fully saturated rings. The molecule has 0 aliphatic carbocycles. The first kappa shape index (κ1) is 26.0. The number of para-hydroxylation sites is 1. The first-order valence-electron chi connectivity index (χ1n) is 12.5. The summed E-state index contributed by atoms with van der Waals surface area (Å²) in [5.74, 6) is 1.21. The van der Waals surface area contributed by atoms with Crippen LogP contribution in [0.5, 0.6) is 17.2 Å². The van der Waals surface area contributed by atoms with E-state index in [1.807, 2.05) is 36.1 Å². The molecule has 0 bridgehead atoms. The van der Waals surface area contributed by atoms with Gasteiger partial charge in [-0.25, -0.2) is 4.39 Å². The van der Waals surface area contributed by atoms with Crippen LogP contribution in [0.1, 0.15) is 36.8 Å². The number of rotatable bonds is 11. The molecule has 3 aromatic rings. The molecule has 2 heterocycles. The summed E-state index contributed by atoms with van der Waals surface area (Å²) >= 11 is 0. The number of likely N-dealkylation sites (tertiary alicyclic amines) is 1. The molecule has 1 saturated heterocycles. The maximum atomic E-state index is 13.9. The van der Waals surface area contributed by atoms with E-state index in [2.05, 4.69) is 16.1 Å². The number of aromatic nitrogens is 2. The molecular weight excluding hydrogens is 461 g/mol. The molecule has 1 aliphatic rings. The lowest BCUT2D eigenvalue weighted by Crippen LogP contribution is -2.37. The molecule has 1 atom stereocenters. The summed E-state index contributed by atoms with van der Waals surface area (Å²) in [4.78, 5) is 2.33. The van der Waals surface area contributed by atoms with Crippen LogP contribution in [0.2, 0.25) is 0 Å². The van der Waals surface area contributed by atoms with Crippen LogP contribution in [0.4, 0.5) is 4.39 Å². The van der Waals surface area contributed by atoms with Crippen LogP contribution in [-0.2, 0) is 13.1 Å². The van der Waals surface area contributed by atoms with Crippen LogP contribution in [-0.4, -0.2) is 58.8 Å². The summed E-state index contributed by atoms with van der Waals surface area (Å²) in [6, 6.07) is 12.3. The molecule has 1 aliphatic heterocycles. The molecule has 1 aromatic heterocycles. The van der Waals surface area contributed by atoms with Crippen molar-refractivity contribution >= 4 is 0 Å². The van der Waals surface area contributed by atoms with Gasteiger partial charge in [-0.15, -0.1) is 0 Å². The third-order valence-electron chi connectivity index (χ3n) is 6.53. The number of ether oxygens (including phenoxy) is 3. The highest BCUT2D eigenvalue weighted by Gasteiger charge is 2.31. The largest absolute Gasteiger partial charge is 0.493 e. The number of benzene rings is 2. The minimum absolute atomic E-state index is 0.0837. The Morgan fingerprint density at radius 3 is 2.69 bits per heavy atom. The fourth-order valence-corrected chi connectivity index (χ4v) is 4.50. The fraction of sp³-hybridized carbons (Fsp3) is 0.464. The van der Waals surface area contributed by atoms with E-state index in [-0.39, 0.29) is 12.4 Å². The van der Waals surface area contributed by atoms with Crippen molar-refractivity contribution in [1.82, 2.24) is 14.7 Å². The minimum Gasteiger partial charge on any atom is -0.493 e. The molecule has 194 valence electrons. The van der Waals surface area contributed by atoms with E-state index in [1.54, 1.807) is 25.3 Å². The van der Waals surface area contributed by atoms with Crippen molar-refractivity contribution in [3.63, 3.8) is 0 Å². The topological polar surface area (TPSA) is 69.0 Å². The molecule has 7 nitrogen and oxygen atoms in total. The van der Waals surface area contributed by atoms with Crippen molar-refractivity contribution in [2.75, 3.05) is 33.4 Å². The number of hydrogen-bond donors (Lipinski definition) is 1. The Morgan fingerprint density at radius 2 is 1.92 bits per heavy atom. The lowest BCUT2D eigenvalue weighted by Gasteiger charge is -2.27.